The van der Waals surface area contributed by atoms with Crippen molar-refractivity contribution in [1.82, 2.24) is 4.90 Å². The molecule has 24 heavy (non-hydrogen) atoms. The maximum Gasteiger partial charge on any atom is 0.159 e. The van der Waals surface area contributed by atoms with Crippen molar-refractivity contribution in [2.24, 2.45) is 5.41 Å². The molecular weight excluding hydrogens is 296 g/mol. The van der Waals surface area contributed by atoms with Crippen LogP contribution in [-0.2, 0) is 0 Å². The molecule has 3 heteroatoms. The summed E-state index contributed by atoms with van der Waals surface area (Å²) in [4.78, 5) is 4.97. The SMILES string of the molecule is CC1c2ccc3c(oc4ccccc43)c2N2C=CN3CCC1(C)C32. The fourth-order valence-electron chi connectivity index (χ4n) is 5.27. The van der Waals surface area contributed by atoms with Crippen molar-refractivity contribution in [3.05, 3.63) is 54.4 Å². The summed E-state index contributed by atoms with van der Waals surface area (Å²) in [6.07, 6.45) is 6.19. The molecule has 3 atom stereocenters. The van der Waals surface area contributed by atoms with Crippen LogP contribution >= 0.6 is 0 Å². The van der Waals surface area contributed by atoms with Gasteiger partial charge in [-0.05, 0) is 24.0 Å². The average Bonchev–Trinajstić information content (AvgIpc) is 3.27. The van der Waals surface area contributed by atoms with Crippen LogP contribution in [0.2, 0.25) is 0 Å². The van der Waals surface area contributed by atoms with E-state index in [1.807, 2.05) is 6.07 Å². The minimum absolute atomic E-state index is 0.288. The van der Waals surface area contributed by atoms with Gasteiger partial charge in [0.25, 0.3) is 0 Å². The molecule has 3 unspecified atom stereocenters. The van der Waals surface area contributed by atoms with Gasteiger partial charge in [-0.3, -0.25) is 0 Å². The Hall–Kier alpha value is -2.42. The molecule has 0 amide bonds. The zero-order valence-electron chi connectivity index (χ0n) is 14.0. The highest BCUT2D eigenvalue weighted by molar-refractivity contribution is 6.10. The molecule has 4 heterocycles. The molecule has 1 fully saturated rings. The monoisotopic (exact) mass is 316 g/mol. The van der Waals surface area contributed by atoms with Crippen LogP contribution in [0.15, 0.2) is 53.2 Å². The molecule has 3 aliphatic rings. The molecule has 0 radical (unpaired) electrons. The lowest BCUT2D eigenvalue weighted by Crippen LogP contribution is -2.50. The zero-order chi connectivity index (χ0) is 16.1. The highest BCUT2D eigenvalue weighted by atomic mass is 16.3. The predicted octanol–water partition coefficient (Wildman–Crippen LogP) is 5.03. The van der Waals surface area contributed by atoms with Gasteiger partial charge >= 0.3 is 0 Å². The van der Waals surface area contributed by atoms with E-state index in [4.69, 9.17) is 4.42 Å². The first kappa shape index (κ1) is 12.9. The van der Waals surface area contributed by atoms with Crippen molar-refractivity contribution in [2.45, 2.75) is 32.4 Å². The first-order valence-corrected chi connectivity index (χ1v) is 8.85. The van der Waals surface area contributed by atoms with Crippen LogP contribution in [0.3, 0.4) is 0 Å². The minimum atomic E-state index is 0.288. The van der Waals surface area contributed by atoms with E-state index in [9.17, 15) is 0 Å². The van der Waals surface area contributed by atoms with Crippen LogP contribution in [0.4, 0.5) is 5.69 Å². The number of hydrogen-bond donors (Lipinski definition) is 0. The van der Waals surface area contributed by atoms with Crippen LogP contribution < -0.4 is 4.90 Å². The maximum absolute atomic E-state index is 6.34. The van der Waals surface area contributed by atoms with Gasteiger partial charge in [-0.2, -0.15) is 0 Å². The quantitative estimate of drug-likeness (QED) is 0.580. The van der Waals surface area contributed by atoms with Crippen LogP contribution in [-0.4, -0.2) is 17.6 Å². The zero-order valence-corrected chi connectivity index (χ0v) is 14.0. The van der Waals surface area contributed by atoms with E-state index >= 15 is 0 Å². The lowest BCUT2D eigenvalue weighted by Gasteiger charge is -2.47. The van der Waals surface area contributed by atoms with Gasteiger partial charge in [-0.25, -0.2) is 0 Å². The van der Waals surface area contributed by atoms with Gasteiger partial charge in [0, 0.05) is 35.1 Å². The van der Waals surface area contributed by atoms with Crippen LogP contribution in [0.5, 0.6) is 0 Å². The molecule has 3 aliphatic heterocycles. The van der Waals surface area contributed by atoms with E-state index in [1.165, 1.54) is 28.4 Å². The summed E-state index contributed by atoms with van der Waals surface area (Å²) in [7, 11) is 0. The van der Waals surface area contributed by atoms with E-state index in [0.29, 0.717) is 12.1 Å². The highest BCUT2D eigenvalue weighted by Gasteiger charge is 2.55. The number of rotatable bonds is 0. The minimum Gasteiger partial charge on any atom is -0.454 e. The second kappa shape index (κ2) is 3.97. The van der Waals surface area contributed by atoms with Gasteiger partial charge in [-0.1, -0.05) is 44.2 Å². The Bertz CT molecular complexity index is 1030. The Morgan fingerprint density at radius 3 is 2.88 bits per heavy atom. The number of nitrogens with zero attached hydrogens (tertiary/aromatic N) is 2. The number of hydrogen-bond acceptors (Lipinski definition) is 3. The summed E-state index contributed by atoms with van der Waals surface area (Å²) >= 11 is 0. The van der Waals surface area contributed by atoms with Gasteiger partial charge in [0.2, 0.25) is 0 Å². The van der Waals surface area contributed by atoms with Crippen LogP contribution in [0.25, 0.3) is 21.9 Å². The van der Waals surface area contributed by atoms with Crippen molar-refractivity contribution in [1.29, 1.82) is 0 Å². The summed E-state index contributed by atoms with van der Waals surface area (Å²) in [6, 6.07) is 13.0. The van der Waals surface area contributed by atoms with E-state index in [2.05, 4.69) is 66.4 Å². The molecule has 0 spiro atoms. The molecule has 0 aliphatic carbocycles. The van der Waals surface area contributed by atoms with Gasteiger partial charge in [0.15, 0.2) is 5.58 Å². The number of fused-ring (bicyclic) bond motifs is 6. The van der Waals surface area contributed by atoms with Gasteiger partial charge in [0.05, 0.1) is 5.69 Å². The smallest absolute Gasteiger partial charge is 0.159 e. The average molecular weight is 316 g/mol. The molecule has 0 bridgehead atoms. The second-order valence-corrected chi connectivity index (χ2v) is 7.77. The summed E-state index contributed by atoms with van der Waals surface area (Å²) in [5.41, 5.74) is 5.01. The van der Waals surface area contributed by atoms with Gasteiger partial charge < -0.3 is 14.2 Å². The fourth-order valence-corrected chi connectivity index (χ4v) is 5.27. The third-order valence-electron chi connectivity index (χ3n) is 6.76. The molecule has 2 aromatic carbocycles. The fraction of sp³-hybridized carbons (Fsp3) is 0.333. The maximum atomic E-state index is 6.34. The van der Waals surface area contributed by atoms with Crippen molar-refractivity contribution in [3.8, 4) is 0 Å². The topological polar surface area (TPSA) is 19.6 Å². The van der Waals surface area contributed by atoms with E-state index in [0.717, 1.165) is 17.7 Å². The van der Waals surface area contributed by atoms with E-state index in [1.54, 1.807) is 0 Å². The molecule has 1 saturated heterocycles. The number of benzene rings is 2. The van der Waals surface area contributed by atoms with Crippen molar-refractivity contribution < 1.29 is 4.42 Å². The van der Waals surface area contributed by atoms with E-state index in [-0.39, 0.29) is 5.41 Å². The number of para-hydroxylation sites is 1. The summed E-state index contributed by atoms with van der Waals surface area (Å²) in [5, 5.41) is 2.44. The molecular formula is C21H20N2O. The van der Waals surface area contributed by atoms with Crippen molar-refractivity contribution in [2.75, 3.05) is 11.4 Å². The standard InChI is InChI=1S/C21H20N2O/c1-13-14-7-8-16-15-5-3-4-6-17(15)24-19(16)18(14)23-12-11-22-10-9-21(13,2)20(22)23/h3-8,11-13,20H,9-10H2,1-2H3. The second-order valence-electron chi connectivity index (χ2n) is 7.77. The van der Waals surface area contributed by atoms with Gasteiger partial charge in [-0.15, -0.1) is 0 Å². The third-order valence-corrected chi connectivity index (χ3v) is 6.76. The normalized spacial score (nSPS) is 30.4. The Morgan fingerprint density at radius 2 is 1.96 bits per heavy atom. The Kier molecular flexibility index (Phi) is 2.14. The Morgan fingerprint density at radius 1 is 1.08 bits per heavy atom. The molecule has 0 saturated carbocycles. The summed E-state index contributed by atoms with van der Waals surface area (Å²) < 4.78 is 6.34. The highest BCUT2D eigenvalue weighted by Crippen LogP contribution is 2.58. The lowest BCUT2D eigenvalue weighted by atomic mass is 9.68. The molecule has 0 N–H and O–H groups in total. The van der Waals surface area contributed by atoms with Crippen LogP contribution in [0, 0.1) is 5.41 Å². The molecule has 3 aromatic rings. The predicted molar refractivity (Wildman–Crippen MR) is 97.0 cm³/mol. The van der Waals surface area contributed by atoms with Crippen LogP contribution in [0.1, 0.15) is 31.7 Å². The van der Waals surface area contributed by atoms with Crippen molar-refractivity contribution in [3.63, 3.8) is 0 Å². The largest absolute Gasteiger partial charge is 0.454 e. The Labute approximate surface area is 141 Å². The molecule has 120 valence electrons. The van der Waals surface area contributed by atoms with Crippen molar-refractivity contribution >= 4 is 27.6 Å². The number of anilines is 1. The molecule has 1 aromatic heterocycles. The number of furan rings is 1. The lowest BCUT2D eigenvalue weighted by molar-refractivity contribution is 0.181. The van der Waals surface area contributed by atoms with Gasteiger partial charge in [0.1, 0.15) is 11.7 Å². The molecule has 6 rings (SSSR count). The first-order valence-electron chi connectivity index (χ1n) is 8.85. The first-order chi connectivity index (χ1) is 11.7. The Balaban J connectivity index is 1.73. The van der Waals surface area contributed by atoms with E-state index < -0.39 is 0 Å². The summed E-state index contributed by atoms with van der Waals surface area (Å²) in [6.45, 7) is 6.00. The third kappa shape index (κ3) is 1.28. The summed E-state index contributed by atoms with van der Waals surface area (Å²) in [5.74, 6) is 0.524. The molecule has 3 nitrogen and oxygen atoms in total.